The molecule has 0 aromatic carbocycles. The normalized spacial score (nSPS) is 9.92. The fraction of sp³-hybridized carbons (Fsp3) is 0.250. The van der Waals surface area contributed by atoms with E-state index >= 15 is 0 Å². The molecule has 0 aliphatic rings. The molecule has 1 heterocycles. The molecule has 1 rings (SSSR count). The summed E-state index contributed by atoms with van der Waals surface area (Å²) in [5.74, 6) is 0. The lowest BCUT2D eigenvalue weighted by molar-refractivity contribution is -0.499. The number of halogens is 1. The quantitative estimate of drug-likeness (QED) is 0.571. The maximum atomic E-state index is 10.3. The molecule has 0 atom stereocenters. The summed E-state index contributed by atoms with van der Waals surface area (Å²) in [6.07, 6.45) is 0. The second-order valence-electron chi connectivity index (χ2n) is 1.97. The first-order valence-corrected chi connectivity index (χ1v) is 4.11. The molecule has 0 radical (unpaired) electrons. The lowest BCUT2D eigenvalue weighted by Gasteiger charge is -1.87. The van der Waals surface area contributed by atoms with Gasteiger partial charge in [0.25, 0.3) is 6.54 Å². The number of hydrogen-bond donors (Lipinski definition) is 0. The van der Waals surface area contributed by atoms with Crippen molar-refractivity contribution in [2.45, 2.75) is 6.54 Å². The van der Waals surface area contributed by atoms with Gasteiger partial charge in [0.05, 0.1) is 4.92 Å². The van der Waals surface area contributed by atoms with E-state index in [9.17, 15) is 20.2 Å². The highest BCUT2D eigenvalue weighted by atomic mass is 35.5. The topological polar surface area (TPSA) is 99.2 Å². The summed E-state index contributed by atoms with van der Waals surface area (Å²) in [6, 6.07) is 0. The van der Waals surface area contributed by atoms with E-state index in [1.807, 2.05) is 0 Å². The smallest absolute Gasteiger partial charge is 0.264 e. The first kappa shape index (κ1) is 9.81. The molecule has 0 aliphatic heterocycles. The van der Waals surface area contributed by atoms with Crippen LogP contribution in [-0.4, -0.2) is 14.8 Å². The van der Waals surface area contributed by atoms with E-state index in [2.05, 4.69) is 4.98 Å². The zero-order valence-corrected chi connectivity index (χ0v) is 7.54. The highest BCUT2D eigenvalue weighted by molar-refractivity contribution is 7.18. The van der Waals surface area contributed by atoms with Crippen LogP contribution in [0.5, 0.6) is 0 Å². The van der Waals surface area contributed by atoms with Gasteiger partial charge in [0.15, 0.2) is 4.47 Å². The Morgan fingerprint density at radius 2 is 2.08 bits per heavy atom. The molecule has 0 aliphatic carbocycles. The minimum atomic E-state index is -0.734. The fourth-order valence-electron chi connectivity index (χ4n) is 0.683. The predicted molar refractivity (Wildman–Crippen MR) is 44.5 cm³/mol. The van der Waals surface area contributed by atoms with E-state index in [0.717, 1.165) is 0 Å². The van der Waals surface area contributed by atoms with Crippen molar-refractivity contribution in [3.63, 3.8) is 0 Å². The van der Waals surface area contributed by atoms with Crippen molar-refractivity contribution in [1.82, 2.24) is 4.98 Å². The number of aromatic nitrogens is 1. The van der Waals surface area contributed by atoms with Crippen LogP contribution in [-0.2, 0) is 6.54 Å². The van der Waals surface area contributed by atoms with Crippen molar-refractivity contribution >= 4 is 27.9 Å². The molecular weight excluding hydrogens is 222 g/mol. The van der Waals surface area contributed by atoms with Crippen molar-refractivity contribution in [1.29, 1.82) is 0 Å². The summed E-state index contributed by atoms with van der Waals surface area (Å²) in [5, 5.41) is 20.0. The van der Waals surface area contributed by atoms with Crippen LogP contribution in [0.3, 0.4) is 0 Å². The van der Waals surface area contributed by atoms with Crippen LogP contribution in [0.2, 0.25) is 4.47 Å². The number of nitro groups is 2. The maximum Gasteiger partial charge on any atom is 0.355 e. The van der Waals surface area contributed by atoms with Crippen LogP contribution in [0.15, 0.2) is 0 Å². The van der Waals surface area contributed by atoms with Crippen molar-refractivity contribution < 1.29 is 9.85 Å². The highest BCUT2D eigenvalue weighted by Gasteiger charge is 2.24. The summed E-state index contributed by atoms with van der Waals surface area (Å²) in [5.41, 5.74) is -0.204. The summed E-state index contributed by atoms with van der Waals surface area (Å²) in [6.45, 7) is -0.681. The Bertz CT molecular complexity index is 364. The molecule has 9 heteroatoms. The zero-order chi connectivity index (χ0) is 10.0. The second-order valence-corrected chi connectivity index (χ2v) is 3.53. The Morgan fingerprint density at radius 3 is 2.54 bits per heavy atom. The second kappa shape index (κ2) is 3.62. The molecule has 7 nitrogen and oxygen atoms in total. The number of nitrogens with zero attached hydrogens (tertiary/aromatic N) is 3. The minimum absolute atomic E-state index is 0.0662. The van der Waals surface area contributed by atoms with Crippen molar-refractivity contribution in [3.05, 3.63) is 30.4 Å². The van der Waals surface area contributed by atoms with Gasteiger partial charge in [-0.05, 0) is 11.3 Å². The van der Waals surface area contributed by atoms with Gasteiger partial charge in [0.1, 0.15) is 0 Å². The molecule has 70 valence electrons. The van der Waals surface area contributed by atoms with Crippen LogP contribution in [0, 0.1) is 20.2 Å². The van der Waals surface area contributed by atoms with Crippen LogP contribution < -0.4 is 0 Å². The Balaban J connectivity index is 3.04. The van der Waals surface area contributed by atoms with E-state index in [0.29, 0.717) is 11.3 Å². The molecule has 0 bridgehead atoms. The minimum Gasteiger partial charge on any atom is -0.264 e. The van der Waals surface area contributed by atoms with E-state index in [-0.39, 0.29) is 15.2 Å². The van der Waals surface area contributed by atoms with Crippen molar-refractivity contribution in [2.24, 2.45) is 0 Å². The monoisotopic (exact) mass is 223 g/mol. The van der Waals surface area contributed by atoms with Gasteiger partial charge in [-0.1, -0.05) is 11.6 Å². The number of rotatable bonds is 3. The molecule has 0 amide bonds. The Kier molecular flexibility index (Phi) is 2.73. The fourth-order valence-corrected chi connectivity index (χ4v) is 1.62. The summed E-state index contributed by atoms with van der Waals surface area (Å²) < 4.78 is -0.0662. The van der Waals surface area contributed by atoms with Crippen molar-refractivity contribution in [3.8, 4) is 0 Å². The SMILES string of the molecule is O=[N+]([O-])Cc1nc(Cl)sc1[N+](=O)[O-]. The average Bonchev–Trinajstić information content (AvgIpc) is 2.29. The molecule has 0 N–H and O–H groups in total. The lowest BCUT2D eigenvalue weighted by atomic mass is 10.5. The molecule has 0 fully saturated rings. The third kappa shape index (κ3) is 2.33. The molecule has 0 saturated heterocycles. The molecular formula is C4H2ClN3O4S. The molecule has 0 unspecified atom stereocenters. The largest absolute Gasteiger partial charge is 0.355 e. The third-order valence-electron chi connectivity index (χ3n) is 1.10. The van der Waals surface area contributed by atoms with Gasteiger partial charge in [-0.2, -0.15) is 0 Å². The molecule has 13 heavy (non-hydrogen) atoms. The number of thiazole rings is 1. The summed E-state index contributed by atoms with van der Waals surface area (Å²) in [7, 11) is 0. The predicted octanol–water partition coefficient (Wildman–Crippen LogP) is 1.48. The Hall–Kier alpha value is -1.28. The summed E-state index contributed by atoms with van der Waals surface area (Å²) in [4.78, 5) is 22.4. The van der Waals surface area contributed by atoms with Gasteiger partial charge in [-0.15, -0.1) is 0 Å². The molecule has 0 saturated carbocycles. The van der Waals surface area contributed by atoms with Crippen LogP contribution >= 0.6 is 22.9 Å². The molecule has 0 spiro atoms. The Morgan fingerprint density at radius 1 is 1.46 bits per heavy atom. The van der Waals surface area contributed by atoms with E-state index in [4.69, 9.17) is 11.6 Å². The van der Waals surface area contributed by atoms with Crippen LogP contribution in [0.1, 0.15) is 5.69 Å². The van der Waals surface area contributed by atoms with E-state index in [1.54, 1.807) is 0 Å². The van der Waals surface area contributed by atoms with Gasteiger partial charge >= 0.3 is 5.00 Å². The van der Waals surface area contributed by atoms with Gasteiger partial charge in [-0.3, -0.25) is 20.2 Å². The highest BCUT2D eigenvalue weighted by Crippen LogP contribution is 2.30. The Labute approximate surface area is 80.3 Å². The zero-order valence-electron chi connectivity index (χ0n) is 5.97. The van der Waals surface area contributed by atoms with Gasteiger partial charge < -0.3 is 0 Å². The molecule has 1 aromatic rings. The summed E-state index contributed by atoms with van der Waals surface area (Å²) >= 11 is 5.99. The van der Waals surface area contributed by atoms with E-state index in [1.165, 1.54) is 0 Å². The third-order valence-corrected chi connectivity index (χ3v) is 2.25. The lowest BCUT2D eigenvalue weighted by Crippen LogP contribution is -2.01. The standard InChI is InChI=1S/C4H2ClN3O4S/c5-4-6-2(1-7(9)10)3(13-4)8(11)12/h1H2. The average molecular weight is 224 g/mol. The van der Waals surface area contributed by atoms with Crippen molar-refractivity contribution in [2.75, 3.05) is 0 Å². The van der Waals surface area contributed by atoms with Gasteiger partial charge in [0.2, 0.25) is 5.69 Å². The van der Waals surface area contributed by atoms with Crippen LogP contribution in [0.25, 0.3) is 0 Å². The van der Waals surface area contributed by atoms with E-state index < -0.39 is 16.4 Å². The maximum absolute atomic E-state index is 10.3. The molecule has 1 aromatic heterocycles. The first-order chi connectivity index (χ1) is 6.00. The number of hydrogen-bond acceptors (Lipinski definition) is 6. The van der Waals surface area contributed by atoms with Gasteiger partial charge in [0, 0.05) is 4.92 Å². The first-order valence-electron chi connectivity index (χ1n) is 2.92. The van der Waals surface area contributed by atoms with Gasteiger partial charge in [-0.25, -0.2) is 4.98 Å². The van der Waals surface area contributed by atoms with Crippen LogP contribution in [0.4, 0.5) is 5.00 Å².